The maximum absolute atomic E-state index is 5.18. The van der Waals surface area contributed by atoms with E-state index in [1.807, 2.05) is 0 Å². The van der Waals surface area contributed by atoms with Gasteiger partial charge in [0, 0.05) is 15.7 Å². The van der Waals surface area contributed by atoms with Crippen LogP contribution in [-0.4, -0.2) is 16.4 Å². The van der Waals surface area contributed by atoms with Gasteiger partial charge in [-0.25, -0.2) is 0 Å². The number of hydrazone groups is 1. The molecule has 0 spiro atoms. The minimum Gasteiger partial charge on any atom is -0.291 e. The van der Waals surface area contributed by atoms with Crippen LogP contribution in [0.5, 0.6) is 0 Å². The smallest absolute Gasteiger partial charge is 0.233 e. The van der Waals surface area contributed by atoms with Gasteiger partial charge in [0.15, 0.2) is 5.84 Å². The average molecular weight is 434 g/mol. The molecule has 1 heterocycles. The van der Waals surface area contributed by atoms with E-state index in [1.54, 1.807) is 0 Å². The SMILES string of the molecule is Brc1ccc(N2[C]N(C34CC5CC(CC(C5)C3)C4)N=C2c2ccccc2)cc1. The Balaban J connectivity index is 1.39. The van der Waals surface area contributed by atoms with Gasteiger partial charge in [-0.05, 0) is 80.5 Å². The predicted octanol–water partition coefficient (Wildman–Crippen LogP) is 5.90. The van der Waals surface area contributed by atoms with Gasteiger partial charge in [-0.3, -0.25) is 9.91 Å². The standard InChI is InChI=1S/C24H24BrN3/c25-21-6-8-22(9-7-21)27-16-28(26-23(27)20-4-2-1-3-5-20)24-13-17-10-18(14-24)12-19(11-17)15-24/h1-9,17-19H,10-15H2. The molecule has 1 aliphatic heterocycles. The quantitative estimate of drug-likeness (QED) is 0.599. The lowest BCUT2D eigenvalue weighted by molar-refractivity contribution is -0.0747. The summed E-state index contributed by atoms with van der Waals surface area (Å²) < 4.78 is 1.09. The molecule has 4 heteroatoms. The Morgan fingerprint density at radius 1 is 0.857 bits per heavy atom. The maximum Gasteiger partial charge on any atom is 0.233 e. The predicted molar refractivity (Wildman–Crippen MR) is 116 cm³/mol. The fraction of sp³-hybridized carbons (Fsp3) is 0.417. The van der Waals surface area contributed by atoms with E-state index in [-0.39, 0.29) is 5.54 Å². The largest absolute Gasteiger partial charge is 0.291 e. The van der Waals surface area contributed by atoms with E-state index in [9.17, 15) is 0 Å². The average Bonchev–Trinajstić information content (AvgIpc) is 3.15. The fourth-order valence-corrected chi connectivity index (χ4v) is 6.65. The van der Waals surface area contributed by atoms with Gasteiger partial charge in [0.05, 0.1) is 5.54 Å². The highest BCUT2D eigenvalue weighted by Crippen LogP contribution is 2.58. The number of hydrogen-bond donors (Lipinski definition) is 0. The molecule has 28 heavy (non-hydrogen) atoms. The number of nitrogens with zero attached hydrogens (tertiary/aromatic N) is 3. The van der Waals surface area contributed by atoms with Crippen LogP contribution in [-0.2, 0) is 0 Å². The van der Waals surface area contributed by atoms with Crippen LogP contribution < -0.4 is 4.90 Å². The molecule has 3 nitrogen and oxygen atoms in total. The van der Waals surface area contributed by atoms with E-state index in [0.29, 0.717) is 0 Å². The third-order valence-electron chi connectivity index (χ3n) is 7.17. The molecule has 5 aliphatic rings. The van der Waals surface area contributed by atoms with Crippen LogP contribution in [0.1, 0.15) is 44.1 Å². The Morgan fingerprint density at radius 2 is 1.46 bits per heavy atom. The van der Waals surface area contributed by atoms with Crippen LogP contribution >= 0.6 is 15.9 Å². The summed E-state index contributed by atoms with van der Waals surface area (Å²) in [6.07, 6.45) is 8.18. The second-order valence-corrected chi connectivity index (χ2v) is 10.1. The van der Waals surface area contributed by atoms with Crippen LogP contribution in [0, 0.1) is 24.4 Å². The second-order valence-electron chi connectivity index (χ2n) is 9.16. The normalized spacial score (nSPS) is 33.5. The van der Waals surface area contributed by atoms with Crippen LogP contribution in [0.2, 0.25) is 0 Å². The van der Waals surface area contributed by atoms with Crippen molar-refractivity contribution in [3.63, 3.8) is 0 Å². The molecule has 4 fully saturated rings. The summed E-state index contributed by atoms with van der Waals surface area (Å²) in [5.41, 5.74) is 2.43. The van der Waals surface area contributed by atoms with Gasteiger partial charge in [0.1, 0.15) is 0 Å². The van der Waals surface area contributed by atoms with Gasteiger partial charge in [-0.1, -0.05) is 46.3 Å². The third-order valence-corrected chi connectivity index (χ3v) is 7.70. The zero-order chi connectivity index (χ0) is 18.7. The molecule has 2 aromatic carbocycles. The molecule has 142 valence electrons. The molecule has 0 unspecified atom stereocenters. The minimum absolute atomic E-state index is 0.179. The molecular formula is C24H24BrN3. The molecule has 0 saturated heterocycles. The van der Waals surface area contributed by atoms with Crippen molar-refractivity contribution in [3.05, 3.63) is 71.3 Å². The summed E-state index contributed by atoms with van der Waals surface area (Å²) >= 11 is 3.55. The van der Waals surface area contributed by atoms with Crippen LogP contribution in [0.3, 0.4) is 0 Å². The minimum atomic E-state index is 0.179. The summed E-state index contributed by atoms with van der Waals surface area (Å²) in [6, 6.07) is 19.0. The summed E-state index contributed by atoms with van der Waals surface area (Å²) in [4.78, 5) is 2.15. The topological polar surface area (TPSA) is 18.8 Å². The van der Waals surface area contributed by atoms with Crippen molar-refractivity contribution in [1.82, 2.24) is 5.01 Å². The number of anilines is 1. The van der Waals surface area contributed by atoms with Crippen LogP contribution in [0.4, 0.5) is 5.69 Å². The summed E-state index contributed by atoms with van der Waals surface area (Å²) in [5, 5.41) is 7.42. The Labute approximate surface area is 175 Å². The highest BCUT2D eigenvalue weighted by Gasteiger charge is 2.55. The number of halogens is 1. The van der Waals surface area contributed by atoms with Crippen molar-refractivity contribution >= 4 is 27.5 Å². The number of hydrogen-bond acceptors (Lipinski definition) is 3. The Hall–Kier alpha value is -1.81. The number of rotatable bonds is 3. The Morgan fingerprint density at radius 3 is 2.07 bits per heavy atom. The maximum atomic E-state index is 5.18. The molecule has 2 radical (unpaired) electrons. The number of benzene rings is 2. The fourth-order valence-electron chi connectivity index (χ4n) is 6.38. The Bertz CT molecular complexity index is 870. The lowest BCUT2D eigenvalue weighted by Crippen LogP contribution is -2.57. The van der Waals surface area contributed by atoms with Crippen molar-refractivity contribution in [2.45, 2.75) is 44.1 Å². The third kappa shape index (κ3) is 2.72. The first kappa shape index (κ1) is 17.1. The summed E-state index contributed by atoms with van der Waals surface area (Å²) in [6.45, 7) is 3.68. The van der Waals surface area contributed by atoms with Crippen molar-refractivity contribution in [2.24, 2.45) is 22.9 Å². The van der Waals surface area contributed by atoms with Crippen LogP contribution in [0.25, 0.3) is 0 Å². The molecule has 2 aromatic rings. The summed E-state index contributed by atoms with van der Waals surface area (Å²) in [7, 11) is 0. The van der Waals surface area contributed by atoms with Crippen LogP contribution in [0.15, 0.2) is 64.2 Å². The molecule has 4 saturated carbocycles. The highest BCUT2D eigenvalue weighted by atomic mass is 79.9. The van der Waals surface area contributed by atoms with Gasteiger partial charge in [-0.2, -0.15) is 5.10 Å². The van der Waals surface area contributed by atoms with Gasteiger partial charge >= 0.3 is 0 Å². The number of amidine groups is 1. The summed E-state index contributed by atoms with van der Waals surface area (Å²) in [5.74, 6) is 3.67. The lowest BCUT2D eigenvalue weighted by atomic mass is 9.53. The second kappa shape index (κ2) is 6.35. The molecule has 4 bridgehead atoms. The first-order chi connectivity index (χ1) is 13.7. The molecule has 4 aliphatic carbocycles. The van der Waals surface area contributed by atoms with Crippen molar-refractivity contribution in [3.8, 4) is 0 Å². The van der Waals surface area contributed by atoms with Gasteiger partial charge < -0.3 is 0 Å². The first-order valence-corrected chi connectivity index (χ1v) is 11.2. The van der Waals surface area contributed by atoms with Crippen molar-refractivity contribution in [2.75, 3.05) is 4.90 Å². The van der Waals surface area contributed by atoms with Crippen molar-refractivity contribution < 1.29 is 0 Å². The van der Waals surface area contributed by atoms with E-state index < -0.39 is 0 Å². The van der Waals surface area contributed by atoms with E-state index in [4.69, 9.17) is 5.10 Å². The Kier molecular flexibility index (Phi) is 3.87. The van der Waals surface area contributed by atoms with E-state index >= 15 is 0 Å². The zero-order valence-electron chi connectivity index (χ0n) is 15.9. The molecule has 0 N–H and O–H groups in total. The molecule has 0 aromatic heterocycles. The first-order valence-electron chi connectivity index (χ1n) is 10.4. The van der Waals surface area contributed by atoms with Gasteiger partial charge in [-0.15, -0.1) is 0 Å². The highest BCUT2D eigenvalue weighted by molar-refractivity contribution is 9.10. The van der Waals surface area contributed by atoms with Gasteiger partial charge in [0.25, 0.3) is 0 Å². The monoisotopic (exact) mass is 433 g/mol. The zero-order valence-corrected chi connectivity index (χ0v) is 17.5. The molecule has 0 atom stereocenters. The molecule has 7 rings (SSSR count). The molecule has 0 amide bonds. The molecular weight excluding hydrogens is 410 g/mol. The van der Waals surface area contributed by atoms with Gasteiger partial charge in [0.2, 0.25) is 6.67 Å². The van der Waals surface area contributed by atoms with E-state index in [2.05, 4.69) is 87.1 Å². The van der Waals surface area contributed by atoms with Crippen molar-refractivity contribution in [1.29, 1.82) is 0 Å². The lowest BCUT2D eigenvalue weighted by Gasteiger charge is -2.58. The van der Waals surface area contributed by atoms with E-state index in [1.165, 1.54) is 38.5 Å². The van der Waals surface area contributed by atoms with E-state index in [0.717, 1.165) is 39.3 Å².